The van der Waals surface area contributed by atoms with E-state index in [1.807, 2.05) is 6.92 Å². The summed E-state index contributed by atoms with van der Waals surface area (Å²) in [7, 11) is 0. The molecule has 2 fully saturated rings. The summed E-state index contributed by atoms with van der Waals surface area (Å²) in [6, 6.07) is 0. The lowest BCUT2D eigenvalue weighted by molar-refractivity contribution is -0.150. The van der Waals surface area contributed by atoms with E-state index in [-0.39, 0.29) is 5.91 Å². The Kier molecular flexibility index (Phi) is 4.42. The van der Waals surface area contributed by atoms with Gasteiger partial charge in [0.15, 0.2) is 0 Å². The monoisotopic (exact) mass is 270 g/mol. The smallest absolute Gasteiger partial charge is 0.311 e. The molecular weight excluding hydrogens is 248 g/mol. The average molecular weight is 270 g/mol. The highest BCUT2D eigenvalue weighted by molar-refractivity contribution is 5.84. The lowest BCUT2D eigenvalue weighted by atomic mass is 9.83. The summed E-state index contributed by atoms with van der Waals surface area (Å²) in [6.07, 6.45) is 1.52. The first-order valence-electron chi connectivity index (χ1n) is 6.93. The van der Waals surface area contributed by atoms with Crippen LogP contribution in [0.5, 0.6) is 0 Å². The van der Waals surface area contributed by atoms with E-state index >= 15 is 0 Å². The van der Waals surface area contributed by atoms with Gasteiger partial charge in [-0.1, -0.05) is 13.3 Å². The van der Waals surface area contributed by atoms with Crippen molar-refractivity contribution >= 4 is 11.9 Å². The number of ether oxygens (including phenoxy) is 1. The van der Waals surface area contributed by atoms with Crippen molar-refractivity contribution in [2.45, 2.75) is 32.3 Å². The topological polar surface area (TPSA) is 78.9 Å². The van der Waals surface area contributed by atoms with E-state index in [0.29, 0.717) is 39.1 Å². The van der Waals surface area contributed by atoms with Crippen molar-refractivity contribution in [1.29, 1.82) is 0 Å². The Morgan fingerprint density at radius 1 is 1.53 bits per heavy atom. The van der Waals surface area contributed by atoms with Crippen LogP contribution in [0.2, 0.25) is 0 Å². The number of hydrogen-bond donors (Lipinski definition) is 2. The number of aliphatic carboxylic acids is 1. The fourth-order valence-corrected chi connectivity index (χ4v) is 2.95. The number of carboxylic acids is 1. The van der Waals surface area contributed by atoms with Crippen LogP contribution in [-0.2, 0) is 14.3 Å². The van der Waals surface area contributed by atoms with Crippen molar-refractivity contribution in [1.82, 2.24) is 10.2 Å². The molecule has 2 rings (SSSR count). The molecule has 108 valence electrons. The quantitative estimate of drug-likeness (QED) is 0.756. The van der Waals surface area contributed by atoms with Crippen LogP contribution >= 0.6 is 0 Å². The molecule has 2 unspecified atom stereocenters. The van der Waals surface area contributed by atoms with E-state index in [4.69, 9.17) is 4.74 Å². The van der Waals surface area contributed by atoms with E-state index in [1.165, 1.54) is 0 Å². The van der Waals surface area contributed by atoms with Crippen molar-refractivity contribution in [3.8, 4) is 0 Å². The number of nitrogens with zero attached hydrogens (tertiary/aromatic N) is 1. The fourth-order valence-electron chi connectivity index (χ4n) is 2.95. The number of hydrogen-bond acceptors (Lipinski definition) is 4. The van der Waals surface area contributed by atoms with E-state index in [2.05, 4.69) is 5.32 Å². The summed E-state index contributed by atoms with van der Waals surface area (Å²) < 4.78 is 5.44. The minimum absolute atomic E-state index is 0.0774. The molecule has 0 saturated carbocycles. The Morgan fingerprint density at radius 3 is 2.89 bits per heavy atom. The first kappa shape index (κ1) is 14.3. The second-order valence-electron chi connectivity index (χ2n) is 5.41. The Morgan fingerprint density at radius 2 is 2.32 bits per heavy atom. The van der Waals surface area contributed by atoms with Gasteiger partial charge in [0.25, 0.3) is 5.91 Å². The second-order valence-corrected chi connectivity index (χ2v) is 5.41. The number of carboxylic acid groups (broad SMARTS) is 1. The van der Waals surface area contributed by atoms with E-state index < -0.39 is 17.5 Å². The van der Waals surface area contributed by atoms with Crippen molar-refractivity contribution < 1.29 is 19.4 Å². The molecule has 2 saturated heterocycles. The van der Waals surface area contributed by atoms with Gasteiger partial charge < -0.3 is 20.1 Å². The number of amides is 1. The standard InChI is InChI=1S/C13H22N2O4/c1-2-3-13(12(17)18)4-6-15(9-13)11(16)10-8-14-5-7-19-10/h10,14H,2-9H2,1H3,(H,17,18). The van der Waals surface area contributed by atoms with Gasteiger partial charge in [0, 0.05) is 26.2 Å². The summed E-state index contributed by atoms with van der Waals surface area (Å²) in [5, 5.41) is 12.5. The van der Waals surface area contributed by atoms with Crippen molar-refractivity contribution in [3.63, 3.8) is 0 Å². The van der Waals surface area contributed by atoms with Crippen LogP contribution in [0.4, 0.5) is 0 Å². The van der Waals surface area contributed by atoms with Crippen LogP contribution in [0.1, 0.15) is 26.2 Å². The number of morpholine rings is 1. The Bertz CT molecular complexity index is 355. The Hall–Kier alpha value is -1.14. The van der Waals surface area contributed by atoms with Crippen LogP contribution in [0.3, 0.4) is 0 Å². The average Bonchev–Trinajstić information content (AvgIpc) is 2.85. The van der Waals surface area contributed by atoms with Crippen molar-refractivity contribution in [2.75, 3.05) is 32.8 Å². The predicted octanol–water partition coefficient (Wildman–Crippen LogP) is 0.0782. The molecular formula is C13H22N2O4. The highest BCUT2D eigenvalue weighted by Gasteiger charge is 2.46. The van der Waals surface area contributed by atoms with Gasteiger partial charge in [-0.3, -0.25) is 9.59 Å². The Labute approximate surface area is 113 Å². The summed E-state index contributed by atoms with van der Waals surface area (Å²) in [6.45, 7) is 4.62. The van der Waals surface area contributed by atoms with Gasteiger partial charge in [-0.25, -0.2) is 0 Å². The number of rotatable bonds is 4. The normalized spacial score (nSPS) is 31.4. The third-order valence-corrected chi connectivity index (χ3v) is 4.05. The highest BCUT2D eigenvalue weighted by atomic mass is 16.5. The molecule has 0 aromatic carbocycles. The zero-order valence-corrected chi connectivity index (χ0v) is 11.4. The molecule has 0 spiro atoms. The lowest BCUT2D eigenvalue weighted by Crippen LogP contribution is -2.49. The second kappa shape index (κ2) is 5.88. The van der Waals surface area contributed by atoms with E-state index in [0.717, 1.165) is 13.0 Å². The van der Waals surface area contributed by atoms with Crippen LogP contribution < -0.4 is 5.32 Å². The summed E-state index contributed by atoms with van der Waals surface area (Å²) in [4.78, 5) is 25.4. The van der Waals surface area contributed by atoms with Gasteiger partial charge in [0.1, 0.15) is 6.10 Å². The molecule has 0 aliphatic carbocycles. The highest BCUT2D eigenvalue weighted by Crippen LogP contribution is 2.35. The minimum Gasteiger partial charge on any atom is -0.481 e. The van der Waals surface area contributed by atoms with Gasteiger partial charge in [-0.2, -0.15) is 0 Å². The van der Waals surface area contributed by atoms with Gasteiger partial charge in [-0.05, 0) is 12.8 Å². The third-order valence-electron chi connectivity index (χ3n) is 4.05. The number of carbonyl (C=O) groups is 2. The molecule has 2 aliphatic rings. The molecule has 6 heteroatoms. The molecule has 19 heavy (non-hydrogen) atoms. The third kappa shape index (κ3) is 2.90. The maximum atomic E-state index is 12.3. The SMILES string of the molecule is CCCC1(C(=O)O)CCN(C(=O)C2CNCCO2)C1. The lowest BCUT2D eigenvalue weighted by Gasteiger charge is -2.28. The van der Waals surface area contributed by atoms with Gasteiger partial charge in [0.05, 0.1) is 12.0 Å². The summed E-state index contributed by atoms with van der Waals surface area (Å²) in [5.74, 6) is -0.862. The van der Waals surface area contributed by atoms with Crippen LogP contribution in [0, 0.1) is 5.41 Å². The summed E-state index contributed by atoms with van der Waals surface area (Å²) in [5.41, 5.74) is -0.757. The maximum Gasteiger partial charge on any atom is 0.311 e. The summed E-state index contributed by atoms with van der Waals surface area (Å²) >= 11 is 0. The molecule has 0 radical (unpaired) electrons. The first-order chi connectivity index (χ1) is 9.09. The van der Waals surface area contributed by atoms with Crippen LogP contribution in [0.25, 0.3) is 0 Å². The molecule has 6 nitrogen and oxygen atoms in total. The zero-order chi connectivity index (χ0) is 13.9. The fraction of sp³-hybridized carbons (Fsp3) is 0.846. The van der Waals surface area contributed by atoms with Crippen LogP contribution in [-0.4, -0.2) is 60.8 Å². The first-order valence-corrected chi connectivity index (χ1v) is 6.93. The Balaban J connectivity index is 1.99. The molecule has 1 amide bonds. The molecule has 2 heterocycles. The molecule has 0 aromatic rings. The predicted molar refractivity (Wildman–Crippen MR) is 68.8 cm³/mol. The number of nitrogens with one attached hydrogen (secondary N) is 1. The largest absolute Gasteiger partial charge is 0.481 e. The molecule has 0 bridgehead atoms. The van der Waals surface area contributed by atoms with Gasteiger partial charge in [-0.15, -0.1) is 0 Å². The van der Waals surface area contributed by atoms with E-state index in [9.17, 15) is 14.7 Å². The van der Waals surface area contributed by atoms with Crippen molar-refractivity contribution in [2.24, 2.45) is 5.41 Å². The maximum absolute atomic E-state index is 12.3. The van der Waals surface area contributed by atoms with Gasteiger partial charge >= 0.3 is 5.97 Å². The van der Waals surface area contributed by atoms with E-state index in [1.54, 1.807) is 4.90 Å². The molecule has 0 aromatic heterocycles. The number of likely N-dealkylation sites (tertiary alicyclic amines) is 1. The number of carbonyl (C=O) groups excluding carboxylic acids is 1. The van der Waals surface area contributed by atoms with Crippen molar-refractivity contribution in [3.05, 3.63) is 0 Å². The molecule has 2 atom stereocenters. The van der Waals surface area contributed by atoms with Crippen LogP contribution in [0.15, 0.2) is 0 Å². The molecule has 2 N–H and O–H groups in total. The molecule has 2 aliphatic heterocycles. The van der Waals surface area contributed by atoms with Gasteiger partial charge in [0.2, 0.25) is 0 Å². The minimum atomic E-state index is -0.785. The zero-order valence-electron chi connectivity index (χ0n) is 11.4.